The van der Waals surface area contributed by atoms with Crippen LogP contribution >= 0.6 is 0 Å². The molecule has 1 amide bonds. The van der Waals surface area contributed by atoms with Gasteiger partial charge in [-0.3, -0.25) is 4.79 Å². The Balaban J connectivity index is 1.17. The van der Waals surface area contributed by atoms with E-state index < -0.39 is 5.91 Å². The fourth-order valence-electron chi connectivity index (χ4n) is 4.04. The second-order valence-electron chi connectivity index (χ2n) is 8.38. The largest absolute Gasteiger partial charge is 0.493 e. The Morgan fingerprint density at radius 2 is 1.73 bits per heavy atom. The van der Waals surface area contributed by atoms with E-state index in [2.05, 4.69) is 41.1 Å². The Hall–Kier alpha value is -4.66. The zero-order valence-corrected chi connectivity index (χ0v) is 20.8. The molecule has 5 rings (SSSR count). The van der Waals surface area contributed by atoms with Crippen LogP contribution in [0.1, 0.15) is 40.2 Å². The smallest absolute Gasteiger partial charge is 0.307 e. The molecule has 0 aliphatic carbocycles. The third kappa shape index (κ3) is 5.30. The van der Waals surface area contributed by atoms with Gasteiger partial charge in [0.25, 0.3) is 0 Å². The fraction of sp³-hybridized carbons (Fsp3) is 0.214. The number of furan rings is 1. The van der Waals surface area contributed by atoms with Crippen molar-refractivity contribution in [1.82, 2.24) is 9.99 Å². The molecule has 0 spiro atoms. The number of rotatable bonds is 9. The van der Waals surface area contributed by atoms with Gasteiger partial charge in [0.1, 0.15) is 23.9 Å². The molecule has 0 unspecified atom stereocenters. The van der Waals surface area contributed by atoms with Crippen molar-refractivity contribution in [2.75, 3.05) is 13.4 Å². The summed E-state index contributed by atoms with van der Waals surface area (Å²) in [6.45, 7) is 6.84. The molecular formula is C28H27N3O6. The molecule has 0 saturated carbocycles. The molecule has 2 aromatic heterocycles. The molecule has 9 heteroatoms. The molecule has 0 radical (unpaired) electrons. The van der Waals surface area contributed by atoms with Gasteiger partial charge in [0.2, 0.25) is 6.79 Å². The molecule has 2 aromatic carbocycles. The number of hydrogen-bond donors (Lipinski definition) is 1. The van der Waals surface area contributed by atoms with E-state index in [0.29, 0.717) is 40.9 Å². The van der Waals surface area contributed by atoms with Gasteiger partial charge in [-0.05, 0) is 75.4 Å². The Labute approximate surface area is 214 Å². The quantitative estimate of drug-likeness (QED) is 0.251. The van der Waals surface area contributed by atoms with Crippen LogP contribution in [0.25, 0.3) is 5.69 Å². The van der Waals surface area contributed by atoms with Crippen LogP contribution in [0, 0.1) is 13.8 Å². The summed E-state index contributed by atoms with van der Waals surface area (Å²) in [5.41, 5.74) is 6.52. The number of hydrazone groups is 1. The van der Waals surface area contributed by atoms with Crippen LogP contribution in [-0.2, 0) is 6.61 Å². The minimum atomic E-state index is -0.483. The van der Waals surface area contributed by atoms with Gasteiger partial charge in [-0.15, -0.1) is 0 Å². The zero-order valence-electron chi connectivity index (χ0n) is 20.8. The van der Waals surface area contributed by atoms with Gasteiger partial charge in [-0.1, -0.05) is 0 Å². The molecule has 0 fully saturated rings. The first-order valence-corrected chi connectivity index (χ1v) is 11.9. The zero-order chi connectivity index (χ0) is 25.8. The van der Waals surface area contributed by atoms with Gasteiger partial charge in [0.05, 0.1) is 12.8 Å². The Kier molecular flexibility index (Phi) is 6.85. The predicted octanol–water partition coefficient (Wildman–Crippen LogP) is 5.16. The second-order valence-corrected chi connectivity index (χ2v) is 8.38. The van der Waals surface area contributed by atoms with E-state index in [9.17, 15) is 4.79 Å². The van der Waals surface area contributed by atoms with E-state index in [-0.39, 0.29) is 19.2 Å². The van der Waals surface area contributed by atoms with E-state index in [1.54, 1.807) is 24.3 Å². The van der Waals surface area contributed by atoms with Crippen LogP contribution in [0.4, 0.5) is 0 Å². The number of fused-ring (bicyclic) bond motifs is 1. The molecule has 0 saturated heterocycles. The second kappa shape index (κ2) is 10.5. The number of nitrogens with one attached hydrogen (secondary N) is 1. The minimum absolute atomic E-state index is 0.125. The number of aromatic nitrogens is 1. The van der Waals surface area contributed by atoms with Crippen molar-refractivity contribution in [3.05, 3.63) is 89.1 Å². The summed E-state index contributed by atoms with van der Waals surface area (Å²) in [5.74, 6) is 2.64. The van der Waals surface area contributed by atoms with Gasteiger partial charge in [-0.25, -0.2) is 5.43 Å². The summed E-state index contributed by atoms with van der Waals surface area (Å²) in [5, 5.41) is 4.04. The van der Waals surface area contributed by atoms with Crippen molar-refractivity contribution < 1.29 is 28.2 Å². The molecule has 9 nitrogen and oxygen atoms in total. The number of benzene rings is 2. The number of amides is 1. The van der Waals surface area contributed by atoms with Gasteiger partial charge < -0.3 is 27.9 Å². The van der Waals surface area contributed by atoms with Gasteiger partial charge >= 0.3 is 5.91 Å². The lowest BCUT2D eigenvalue weighted by Gasteiger charge is -2.10. The standard InChI is InChI=1S/C28H27N3O6/c1-4-33-25-14-27-26(35-17-36-27)13-20(25)15-29-30-28(32)24-12-11-23(37-24)16-34-22-9-7-21(8-10-22)31-18(2)5-6-19(31)3/h5-15H,4,16-17H2,1-3H3,(H,30,32). The van der Waals surface area contributed by atoms with Gasteiger partial charge in [-0.2, -0.15) is 5.10 Å². The number of hydrogen-bond acceptors (Lipinski definition) is 7. The number of nitrogens with zero attached hydrogens (tertiary/aromatic N) is 2. The summed E-state index contributed by atoms with van der Waals surface area (Å²) in [4.78, 5) is 12.5. The van der Waals surface area contributed by atoms with E-state index >= 15 is 0 Å². The molecule has 190 valence electrons. The molecular weight excluding hydrogens is 474 g/mol. The van der Waals surface area contributed by atoms with Crippen molar-refractivity contribution in [3.8, 4) is 28.7 Å². The van der Waals surface area contributed by atoms with Crippen LogP contribution in [0.3, 0.4) is 0 Å². The first-order chi connectivity index (χ1) is 18.0. The molecule has 37 heavy (non-hydrogen) atoms. The van der Waals surface area contributed by atoms with E-state index in [1.807, 2.05) is 31.2 Å². The maximum atomic E-state index is 12.5. The van der Waals surface area contributed by atoms with Gasteiger partial charge in [0, 0.05) is 28.7 Å². The van der Waals surface area contributed by atoms with Crippen molar-refractivity contribution in [1.29, 1.82) is 0 Å². The lowest BCUT2D eigenvalue weighted by molar-refractivity contribution is 0.0923. The number of aryl methyl sites for hydroxylation is 2. The number of carbonyl (C=O) groups excluding carboxylic acids is 1. The topological polar surface area (TPSA) is 96.5 Å². The van der Waals surface area contributed by atoms with Gasteiger partial charge in [0.15, 0.2) is 17.3 Å². The summed E-state index contributed by atoms with van der Waals surface area (Å²) in [6, 6.07) is 18.8. The molecule has 1 aliphatic rings. The fourth-order valence-corrected chi connectivity index (χ4v) is 4.04. The van der Waals surface area contributed by atoms with Crippen LogP contribution in [0.5, 0.6) is 23.0 Å². The average molecular weight is 502 g/mol. The summed E-state index contributed by atoms with van der Waals surface area (Å²) in [7, 11) is 0. The van der Waals surface area contributed by atoms with E-state index in [1.165, 1.54) is 17.6 Å². The van der Waals surface area contributed by atoms with Crippen LogP contribution in [0.2, 0.25) is 0 Å². The predicted molar refractivity (Wildman–Crippen MR) is 137 cm³/mol. The molecule has 4 aromatic rings. The minimum Gasteiger partial charge on any atom is -0.493 e. The highest BCUT2D eigenvalue weighted by Crippen LogP contribution is 2.37. The molecule has 1 N–H and O–H groups in total. The summed E-state index contributed by atoms with van der Waals surface area (Å²) in [6.07, 6.45) is 1.48. The first-order valence-electron chi connectivity index (χ1n) is 11.9. The molecule has 1 aliphatic heterocycles. The summed E-state index contributed by atoms with van der Waals surface area (Å²) < 4.78 is 30.1. The maximum Gasteiger partial charge on any atom is 0.307 e. The van der Waals surface area contributed by atoms with Crippen molar-refractivity contribution >= 4 is 12.1 Å². The number of carbonyl (C=O) groups is 1. The molecule has 0 atom stereocenters. The lowest BCUT2D eigenvalue weighted by atomic mass is 10.2. The highest BCUT2D eigenvalue weighted by atomic mass is 16.7. The van der Waals surface area contributed by atoms with Crippen molar-refractivity contribution in [2.24, 2.45) is 5.10 Å². The van der Waals surface area contributed by atoms with E-state index in [0.717, 1.165) is 5.69 Å². The molecule has 3 heterocycles. The SMILES string of the molecule is CCOc1cc2c(cc1C=NNC(=O)c1ccc(COc3ccc(-n4c(C)ccc4C)cc3)o1)OCO2. The first kappa shape index (κ1) is 24.1. The monoisotopic (exact) mass is 501 g/mol. The normalized spacial score (nSPS) is 12.2. The van der Waals surface area contributed by atoms with Crippen LogP contribution < -0.4 is 24.4 Å². The highest BCUT2D eigenvalue weighted by Gasteiger charge is 2.18. The third-order valence-electron chi connectivity index (χ3n) is 5.81. The third-order valence-corrected chi connectivity index (χ3v) is 5.81. The molecule has 0 bridgehead atoms. The Bertz CT molecular complexity index is 1420. The highest BCUT2D eigenvalue weighted by molar-refractivity contribution is 5.93. The Morgan fingerprint density at radius 3 is 2.46 bits per heavy atom. The Morgan fingerprint density at radius 1 is 1.00 bits per heavy atom. The van der Waals surface area contributed by atoms with Crippen molar-refractivity contribution in [3.63, 3.8) is 0 Å². The van der Waals surface area contributed by atoms with E-state index in [4.69, 9.17) is 23.4 Å². The lowest BCUT2D eigenvalue weighted by Crippen LogP contribution is -2.16. The van der Waals surface area contributed by atoms with Crippen LogP contribution in [-0.4, -0.2) is 30.1 Å². The average Bonchev–Trinajstić information content (AvgIpc) is 3.63. The summed E-state index contributed by atoms with van der Waals surface area (Å²) >= 11 is 0. The van der Waals surface area contributed by atoms with Crippen molar-refractivity contribution in [2.45, 2.75) is 27.4 Å². The van der Waals surface area contributed by atoms with Crippen LogP contribution in [0.15, 0.2) is 70.2 Å². The number of ether oxygens (including phenoxy) is 4. The maximum absolute atomic E-state index is 12.5.